The Labute approximate surface area is 154 Å². The van der Waals surface area contributed by atoms with Crippen molar-refractivity contribution in [1.82, 2.24) is 15.5 Å². The summed E-state index contributed by atoms with van der Waals surface area (Å²) in [5, 5.41) is 6.74. The third-order valence-electron chi connectivity index (χ3n) is 3.95. The van der Waals surface area contributed by atoms with E-state index >= 15 is 0 Å². The molecule has 1 aliphatic heterocycles. The maximum Gasteiger partial charge on any atom is 0.191 e. The first-order valence-corrected chi connectivity index (χ1v) is 9.64. The summed E-state index contributed by atoms with van der Waals surface area (Å²) in [7, 11) is 0. The van der Waals surface area contributed by atoms with Crippen LogP contribution in [0.5, 0.6) is 0 Å². The Morgan fingerprint density at radius 2 is 2.12 bits per heavy atom. The van der Waals surface area contributed by atoms with E-state index in [1.807, 2.05) is 0 Å². The van der Waals surface area contributed by atoms with Crippen molar-refractivity contribution in [2.45, 2.75) is 19.8 Å². The lowest BCUT2D eigenvalue weighted by atomic mass is 10.1. The molecule has 1 aliphatic rings. The van der Waals surface area contributed by atoms with Crippen molar-refractivity contribution in [3.8, 4) is 0 Å². The fourth-order valence-corrected chi connectivity index (χ4v) is 3.11. The molecule has 24 heavy (non-hydrogen) atoms. The Hall–Kier alpha value is -1.11. The van der Waals surface area contributed by atoms with Gasteiger partial charge in [-0.2, -0.15) is 0 Å². The molecule has 1 heterocycles. The van der Waals surface area contributed by atoms with E-state index in [0.717, 1.165) is 75.8 Å². The number of ether oxygens (including phenoxy) is 1. The van der Waals surface area contributed by atoms with E-state index in [1.54, 1.807) is 0 Å². The molecule has 0 radical (unpaired) electrons. The minimum absolute atomic E-state index is 0.833. The van der Waals surface area contributed by atoms with Crippen LogP contribution in [0.25, 0.3) is 0 Å². The quantitative estimate of drug-likeness (QED) is 0.402. The number of aryl methyl sites for hydroxylation is 1. The highest BCUT2D eigenvalue weighted by molar-refractivity contribution is 9.10. The predicted molar refractivity (Wildman–Crippen MR) is 104 cm³/mol. The van der Waals surface area contributed by atoms with Crippen LogP contribution in [0.3, 0.4) is 0 Å². The lowest BCUT2D eigenvalue weighted by Crippen LogP contribution is -2.44. The van der Waals surface area contributed by atoms with Crippen molar-refractivity contribution in [2.24, 2.45) is 4.99 Å². The molecule has 1 aromatic rings. The lowest BCUT2D eigenvalue weighted by molar-refractivity contribution is 0.0389. The van der Waals surface area contributed by atoms with Gasteiger partial charge in [0.1, 0.15) is 0 Å². The lowest BCUT2D eigenvalue weighted by Gasteiger charge is -2.26. The van der Waals surface area contributed by atoms with Crippen molar-refractivity contribution >= 4 is 21.9 Å². The topological polar surface area (TPSA) is 48.9 Å². The van der Waals surface area contributed by atoms with Crippen molar-refractivity contribution in [2.75, 3.05) is 52.5 Å². The Balaban J connectivity index is 1.67. The van der Waals surface area contributed by atoms with Crippen molar-refractivity contribution in [3.63, 3.8) is 0 Å². The standard InChI is InChI=1S/C18H29BrN4O/c1-2-20-18(22-9-10-23-11-13-24-14-12-23)21-8-4-6-16-5-3-7-17(19)15-16/h3,5,7,15H,2,4,6,8-14H2,1H3,(H2,20,21,22). The minimum atomic E-state index is 0.833. The van der Waals surface area contributed by atoms with Crippen LogP contribution in [0.15, 0.2) is 33.7 Å². The molecule has 5 nitrogen and oxygen atoms in total. The number of morpholine rings is 1. The molecule has 0 amide bonds. The summed E-state index contributed by atoms with van der Waals surface area (Å²) in [4.78, 5) is 7.10. The SMILES string of the molecule is CCNC(=NCCCc1cccc(Br)c1)NCCN1CCOCC1. The molecule has 134 valence electrons. The highest BCUT2D eigenvalue weighted by Gasteiger charge is 2.09. The van der Waals surface area contributed by atoms with Crippen LogP contribution in [-0.2, 0) is 11.2 Å². The highest BCUT2D eigenvalue weighted by Crippen LogP contribution is 2.12. The van der Waals surface area contributed by atoms with E-state index in [4.69, 9.17) is 4.74 Å². The van der Waals surface area contributed by atoms with Crippen LogP contribution in [0.4, 0.5) is 0 Å². The maximum atomic E-state index is 5.37. The molecule has 0 atom stereocenters. The highest BCUT2D eigenvalue weighted by atomic mass is 79.9. The summed E-state index contributed by atoms with van der Waals surface area (Å²) in [5.74, 6) is 0.917. The molecule has 0 spiro atoms. The summed E-state index contributed by atoms with van der Waals surface area (Å²) in [6.07, 6.45) is 2.10. The van der Waals surface area contributed by atoms with Gasteiger partial charge in [0.05, 0.1) is 13.2 Å². The van der Waals surface area contributed by atoms with E-state index in [0.29, 0.717) is 0 Å². The number of rotatable bonds is 8. The number of hydrogen-bond acceptors (Lipinski definition) is 3. The summed E-state index contributed by atoms with van der Waals surface area (Å²) < 4.78 is 6.51. The fraction of sp³-hybridized carbons (Fsp3) is 0.611. The van der Waals surface area contributed by atoms with Gasteiger partial charge in [-0.15, -0.1) is 0 Å². The van der Waals surface area contributed by atoms with Crippen molar-refractivity contribution < 1.29 is 4.74 Å². The van der Waals surface area contributed by atoms with Gasteiger partial charge in [-0.3, -0.25) is 9.89 Å². The number of aliphatic imine (C=N–C) groups is 1. The van der Waals surface area contributed by atoms with Gasteiger partial charge in [0.2, 0.25) is 0 Å². The van der Waals surface area contributed by atoms with Gasteiger partial charge in [0, 0.05) is 43.7 Å². The van der Waals surface area contributed by atoms with Crippen LogP contribution in [0.1, 0.15) is 18.9 Å². The van der Waals surface area contributed by atoms with Crippen LogP contribution in [-0.4, -0.2) is 63.3 Å². The first-order chi connectivity index (χ1) is 11.8. The summed E-state index contributed by atoms with van der Waals surface area (Å²) in [5.41, 5.74) is 1.35. The largest absolute Gasteiger partial charge is 0.379 e. The Kier molecular flexibility index (Phi) is 9.16. The second-order valence-electron chi connectivity index (χ2n) is 5.87. The summed E-state index contributed by atoms with van der Waals surface area (Å²) in [6, 6.07) is 8.49. The van der Waals surface area contributed by atoms with Crippen LogP contribution >= 0.6 is 15.9 Å². The maximum absolute atomic E-state index is 5.37. The fourth-order valence-electron chi connectivity index (χ4n) is 2.67. The van der Waals surface area contributed by atoms with Crippen molar-refractivity contribution in [3.05, 3.63) is 34.3 Å². The molecule has 1 aromatic carbocycles. The first-order valence-electron chi connectivity index (χ1n) is 8.84. The average molecular weight is 397 g/mol. The van der Waals surface area contributed by atoms with Crippen LogP contribution in [0, 0.1) is 0 Å². The first kappa shape index (κ1) is 19.2. The van der Waals surface area contributed by atoms with E-state index in [9.17, 15) is 0 Å². The zero-order valence-corrected chi connectivity index (χ0v) is 16.1. The normalized spacial score (nSPS) is 16.2. The van der Waals surface area contributed by atoms with Crippen LogP contribution < -0.4 is 10.6 Å². The summed E-state index contributed by atoms with van der Waals surface area (Å²) in [6.45, 7) is 9.52. The molecule has 0 aromatic heterocycles. The third kappa shape index (κ3) is 7.64. The molecular formula is C18H29BrN4O. The van der Waals surface area contributed by atoms with E-state index in [1.165, 1.54) is 5.56 Å². The molecule has 2 N–H and O–H groups in total. The predicted octanol–water partition coefficient (Wildman–Crippen LogP) is 2.27. The Bertz CT molecular complexity index is 504. The second kappa shape index (κ2) is 11.4. The van der Waals surface area contributed by atoms with E-state index in [2.05, 4.69) is 67.6 Å². The zero-order chi connectivity index (χ0) is 17.0. The molecule has 0 saturated carbocycles. The average Bonchev–Trinajstić information content (AvgIpc) is 2.60. The van der Waals surface area contributed by atoms with E-state index in [-0.39, 0.29) is 0 Å². The molecule has 1 fully saturated rings. The number of hydrogen-bond donors (Lipinski definition) is 2. The zero-order valence-electron chi connectivity index (χ0n) is 14.6. The smallest absolute Gasteiger partial charge is 0.191 e. The number of halogens is 1. The van der Waals surface area contributed by atoms with Crippen LogP contribution in [0.2, 0.25) is 0 Å². The monoisotopic (exact) mass is 396 g/mol. The van der Waals surface area contributed by atoms with Gasteiger partial charge >= 0.3 is 0 Å². The number of nitrogens with one attached hydrogen (secondary N) is 2. The number of guanidine groups is 1. The molecule has 1 saturated heterocycles. The number of benzene rings is 1. The molecule has 6 heteroatoms. The molecule has 0 aliphatic carbocycles. The van der Waals surface area contributed by atoms with Gasteiger partial charge in [-0.05, 0) is 37.5 Å². The molecule has 0 bridgehead atoms. The van der Waals surface area contributed by atoms with Crippen molar-refractivity contribution in [1.29, 1.82) is 0 Å². The Morgan fingerprint density at radius 3 is 2.88 bits per heavy atom. The van der Waals surface area contributed by atoms with Gasteiger partial charge in [0.15, 0.2) is 5.96 Å². The minimum Gasteiger partial charge on any atom is -0.379 e. The summed E-state index contributed by atoms with van der Waals surface area (Å²) >= 11 is 3.52. The Morgan fingerprint density at radius 1 is 1.29 bits per heavy atom. The van der Waals surface area contributed by atoms with E-state index < -0.39 is 0 Å². The molecule has 0 unspecified atom stereocenters. The molecule has 2 rings (SSSR count). The van der Waals surface area contributed by atoms with Gasteiger partial charge in [-0.1, -0.05) is 28.1 Å². The molecular weight excluding hydrogens is 368 g/mol. The van der Waals surface area contributed by atoms with Gasteiger partial charge in [-0.25, -0.2) is 0 Å². The van der Waals surface area contributed by atoms with Gasteiger partial charge in [0.25, 0.3) is 0 Å². The third-order valence-corrected chi connectivity index (χ3v) is 4.44. The number of nitrogens with zero attached hydrogens (tertiary/aromatic N) is 2. The second-order valence-corrected chi connectivity index (χ2v) is 6.79. The van der Waals surface area contributed by atoms with Gasteiger partial charge < -0.3 is 15.4 Å².